The monoisotopic (exact) mass is 977 g/mol. The van der Waals surface area contributed by atoms with Gasteiger partial charge < -0.3 is 15.2 Å². The summed E-state index contributed by atoms with van der Waals surface area (Å²) >= 11 is 7.41. The fourth-order valence-corrected chi connectivity index (χ4v) is 10.4. The van der Waals surface area contributed by atoms with Gasteiger partial charge in [0.15, 0.2) is 11.6 Å². The van der Waals surface area contributed by atoms with E-state index >= 15 is 0 Å². The number of hydrogen-bond donors (Lipinski definition) is 2. The van der Waals surface area contributed by atoms with E-state index in [9.17, 15) is 19.5 Å². The maximum atomic E-state index is 13.6. The summed E-state index contributed by atoms with van der Waals surface area (Å²) < 4.78 is 7.47. The van der Waals surface area contributed by atoms with Gasteiger partial charge in [0.1, 0.15) is 5.75 Å². The number of ether oxygens (including phenoxy) is 1. The number of aromatic hydroxyl groups is 1. The molecule has 1 aliphatic carbocycles. The summed E-state index contributed by atoms with van der Waals surface area (Å²) in [6, 6.07) is 13.7. The number of carbonyl (C=O) groups is 3. The highest BCUT2D eigenvalue weighted by atomic mass is 79.9. The van der Waals surface area contributed by atoms with Crippen LogP contribution in [-0.4, -0.2) is 29.2 Å². The number of halogens is 2. The molecule has 0 spiro atoms. The second-order valence-corrected chi connectivity index (χ2v) is 19.5. The zero-order valence-electron chi connectivity index (χ0n) is 38.2. The molecule has 0 amide bonds. The van der Waals surface area contributed by atoms with Crippen LogP contribution >= 0.6 is 31.9 Å². The van der Waals surface area contributed by atoms with Crippen molar-refractivity contribution < 1.29 is 24.2 Å². The third-order valence-electron chi connectivity index (χ3n) is 12.7. The van der Waals surface area contributed by atoms with Crippen molar-refractivity contribution in [3.8, 4) is 5.75 Å². The molecule has 8 heteroatoms. The third-order valence-corrected chi connectivity index (χ3v) is 13.9. The Morgan fingerprint density at radius 1 is 0.581 bits per heavy atom. The van der Waals surface area contributed by atoms with Crippen LogP contribution in [0.15, 0.2) is 57.5 Å². The number of fused-ring (bicyclic) bond motifs is 2. The van der Waals surface area contributed by atoms with Crippen molar-refractivity contribution in [3.63, 3.8) is 0 Å². The maximum Gasteiger partial charge on any atom is 0.308 e. The lowest BCUT2D eigenvalue weighted by molar-refractivity contribution is -0.149. The van der Waals surface area contributed by atoms with Crippen LogP contribution in [0.4, 0.5) is 11.4 Å². The summed E-state index contributed by atoms with van der Waals surface area (Å²) in [6.07, 6.45) is 36.7. The van der Waals surface area contributed by atoms with Crippen LogP contribution in [0.1, 0.15) is 231 Å². The highest BCUT2D eigenvalue weighted by Gasteiger charge is 2.34. The maximum absolute atomic E-state index is 13.6. The van der Waals surface area contributed by atoms with E-state index in [1.54, 1.807) is 30.3 Å². The van der Waals surface area contributed by atoms with Crippen molar-refractivity contribution in [1.82, 2.24) is 0 Å². The fraction of sp³-hybridized carbons (Fsp3) is 0.611. The van der Waals surface area contributed by atoms with Crippen molar-refractivity contribution in [2.75, 3.05) is 11.9 Å². The molecular formula is C54H77Br2NO5. The third kappa shape index (κ3) is 17.5. The molecule has 0 radical (unpaired) electrons. The molecular weight excluding hydrogens is 902 g/mol. The minimum Gasteiger partial charge on any atom is -0.507 e. The van der Waals surface area contributed by atoms with Gasteiger partial charge in [-0.25, -0.2) is 0 Å². The molecule has 3 aromatic carbocycles. The molecule has 0 fully saturated rings. The highest BCUT2D eigenvalue weighted by Crippen LogP contribution is 2.41. The topological polar surface area (TPSA) is 92.7 Å². The van der Waals surface area contributed by atoms with Gasteiger partial charge in [0.25, 0.3) is 0 Å². The first kappa shape index (κ1) is 51.7. The van der Waals surface area contributed by atoms with E-state index < -0.39 is 0 Å². The number of phenolic OH excluding ortho intramolecular Hbond substituents is 1. The minimum atomic E-state index is -0.379. The van der Waals surface area contributed by atoms with Crippen LogP contribution in [0.5, 0.6) is 5.75 Å². The summed E-state index contributed by atoms with van der Waals surface area (Å²) in [4.78, 5) is 40.6. The highest BCUT2D eigenvalue weighted by molar-refractivity contribution is 9.11. The number of anilines is 2. The van der Waals surface area contributed by atoms with Gasteiger partial charge in [0, 0.05) is 26.5 Å². The number of rotatable bonds is 34. The molecule has 0 aromatic heterocycles. The van der Waals surface area contributed by atoms with Crippen LogP contribution in [0.2, 0.25) is 0 Å². The van der Waals surface area contributed by atoms with Crippen LogP contribution in [0, 0.1) is 5.92 Å². The molecule has 0 saturated heterocycles. The summed E-state index contributed by atoms with van der Waals surface area (Å²) in [5, 5.41) is 14.0. The molecule has 0 bridgehead atoms. The minimum absolute atomic E-state index is 0.00540. The van der Waals surface area contributed by atoms with E-state index in [4.69, 9.17) is 4.74 Å². The zero-order chi connectivity index (χ0) is 44.4. The van der Waals surface area contributed by atoms with Gasteiger partial charge in [-0.3, -0.25) is 14.4 Å². The molecule has 3 aromatic rings. The summed E-state index contributed by atoms with van der Waals surface area (Å²) in [5.74, 6) is -1.02. The number of hydrogen-bond acceptors (Lipinski definition) is 6. The van der Waals surface area contributed by atoms with Crippen molar-refractivity contribution in [2.24, 2.45) is 5.92 Å². The number of unbranched alkanes of at least 4 members (excludes halogenated alkanes) is 24. The second kappa shape index (κ2) is 30.2. The molecule has 0 saturated carbocycles. The summed E-state index contributed by atoms with van der Waals surface area (Å²) in [5.41, 5.74) is 2.84. The molecule has 342 valence electrons. The average Bonchev–Trinajstić information content (AvgIpc) is 3.26. The Hall–Kier alpha value is -2.97. The zero-order valence-corrected chi connectivity index (χ0v) is 41.4. The molecule has 2 N–H and O–H groups in total. The first-order valence-corrected chi connectivity index (χ1v) is 26.3. The van der Waals surface area contributed by atoms with Gasteiger partial charge in [-0.1, -0.05) is 205 Å². The van der Waals surface area contributed by atoms with Gasteiger partial charge >= 0.3 is 5.97 Å². The molecule has 6 nitrogen and oxygen atoms in total. The van der Waals surface area contributed by atoms with Crippen molar-refractivity contribution >= 4 is 60.8 Å². The largest absolute Gasteiger partial charge is 0.507 e. The molecule has 1 atom stereocenters. The standard InChI is InChI=1S/C54H77Br2NO5/c1-3-5-7-9-11-13-15-17-18-20-22-24-26-28-32-42(31-27-25-23-21-19-16-14-12-10-8-6-4-2)54(61)62-38-37-41-39-45(55)51(46(56)40-41)57-47-35-36-48(58)50-49(47)52(59)43-33-29-30-34-44(43)53(50)60/h29-30,33-36,39-40,42,57-58H,3-28,31-32,37-38H2,1-2H3. The fourth-order valence-electron chi connectivity index (χ4n) is 8.92. The van der Waals surface area contributed by atoms with Crippen LogP contribution in [0.25, 0.3) is 0 Å². The molecule has 4 rings (SSSR count). The van der Waals surface area contributed by atoms with Crippen LogP contribution in [0.3, 0.4) is 0 Å². The Kier molecular flexibility index (Phi) is 25.2. The van der Waals surface area contributed by atoms with Crippen molar-refractivity contribution in [2.45, 2.75) is 200 Å². The van der Waals surface area contributed by atoms with Gasteiger partial charge in [0.05, 0.1) is 35.0 Å². The Morgan fingerprint density at radius 3 is 1.42 bits per heavy atom. The number of carbonyl (C=O) groups excluding carboxylic acids is 3. The molecule has 1 unspecified atom stereocenters. The Balaban J connectivity index is 1.24. The lowest BCUT2D eigenvalue weighted by Gasteiger charge is -2.22. The number of benzene rings is 3. The van der Waals surface area contributed by atoms with Crippen LogP contribution in [-0.2, 0) is 16.0 Å². The van der Waals surface area contributed by atoms with Crippen molar-refractivity contribution in [3.05, 3.63) is 85.3 Å². The van der Waals surface area contributed by atoms with E-state index in [0.29, 0.717) is 30.0 Å². The lowest BCUT2D eigenvalue weighted by Crippen LogP contribution is -2.22. The van der Waals surface area contributed by atoms with E-state index in [1.165, 1.54) is 160 Å². The molecule has 0 aliphatic heterocycles. The quantitative estimate of drug-likeness (QED) is 0.0275. The number of esters is 1. The summed E-state index contributed by atoms with van der Waals surface area (Å²) in [7, 11) is 0. The van der Waals surface area contributed by atoms with Crippen molar-refractivity contribution in [1.29, 1.82) is 0 Å². The first-order chi connectivity index (χ1) is 30.3. The number of nitrogens with one attached hydrogen (secondary N) is 1. The lowest BCUT2D eigenvalue weighted by atomic mass is 9.82. The normalized spacial score (nSPS) is 12.6. The van der Waals surface area contributed by atoms with E-state index in [1.807, 2.05) is 12.1 Å². The molecule has 0 heterocycles. The number of ketones is 2. The Bertz CT molecular complexity index is 1780. The van der Waals surface area contributed by atoms with Gasteiger partial charge in [-0.15, -0.1) is 0 Å². The summed E-state index contributed by atoms with van der Waals surface area (Å²) in [6.45, 7) is 4.86. The van der Waals surface area contributed by atoms with Gasteiger partial charge in [-0.05, 0) is 74.5 Å². The Morgan fingerprint density at radius 2 is 0.984 bits per heavy atom. The molecule has 1 aliphatic rings. The predicted molar refractivity (Wildman–Crippen MR) is 265 cm³/mol. The van der Waals surface area contributed by atoms with Gasteiger partial charge in [0.2, 0.25) is 0 Å². The smallest absolute Gasteiger partial charge is 0.308 e. The van der Waals surface area contributed by atoms with E-state index in [2.05, 4.69) is 51.0 Å². The SMILES string of the molecule is CCCCCCCCCCCCCCCCC(CCCCCCCCCCCCCC)C(=O)OCCc1cc(Br)c(Nc2ccc(O)c3c2C(=O)c2ccccc2C3=O)c(Br)c1. The van der Waals surface area contributed by atoms with Crippen LogP contribution < -0.4 is 5.32 Å². The second-order valence-electron chi connectivity index (χ2n) is 17.8. The predicted octanol–water partition coefficient (Wildman–Crippen LogP) is 17.1. The number of phenols is 1. The first-order valence-electron chi connectivity index (χ1n) is 24.7. The van der Waals surface area contributed by atoms with Gasteiger partial charge in [-0.2, -0.15) is 0 Å². The van der Waals surface area contributed by atoms with E-state index in [-0.39, 0.29) is 45.9 Å². The average molecular weight is 980 g/mol. The Labute approximate surface area is 391 Å². The van der Waals surface area contributed by atoms with E-state index in [0.717, 1.165) is 40.2 Å². The molecule has 62 heavy (non-hydrogen) atoms.